The van der Waals surface area contributed by atoms with Gasteiger partial charge in [-0.3, -0.25) is 4.79 Å². The van der Waals surface area contributed by atoms with Crippen molar-refractivity contribution in [2.75, 3.05) is 12.3 Å². The zero-order valence-electron chi connectivity index (χ0n) is 11.0. The Morgan fingerprint density at radius 1 is 1.25 bits per heavy atom. The highest BCUT2D eigenvalue weighted by Crippen LogP contribution is 2.16. The molecule has 1 amide bonds. The fourth-order valence-corrected chi connectivity index (χ4v) is 3.39. The van der Waals surface area contributed by atoms with Crippen molar-refractivity contribution in [1.82, 2.24) is 5.32 Å². The lowest BCUT2D eigenvalue weighted by Gasteiger charge is -2.12. The molecule has 5 heteroatoms. The molecule has 0 saturated carbocycles. The number of benzene rings is 1. The first-order valence-electron chi connectivity index (χ1n) is 6.35. The van der Waals surface area contributed by atoms with E-state index < -0.39 is 6.10 Å². The number of amides is 1. The van der Waals surface area contributed by atoms with Crippen molar-refractivity contribution in [3.63, 3.8) is 0 Å². The van der Waals surface area contributed by atoms with Crippen LogP contribution >= 0.6 is 23.1 Å². The van der Waals surface area contributed by atoms with Crippen molar-refractivity contribution in [3.8, 4) is 0 Å². The number of thioether (sulfide) groups is 1. The zero-order valence-corrected chi connectivity index (χ0v) is 12.6. The van der Waals surface area contributed by atoms with E-state index in [1.807, 2.05) is 41.8 Å². The summed E-state index contributed by atoms with van der Waals surface area (Å²) in [5, 5.41) is 14.7. The highest BCUT2D eigenvalue weighted by atomic mass is 32.2. The average Bonchev–Trinajstić information content (AvgIpc) is 2.99. The van der Waals surface area contributed by atoms with Gasteiger partial charge < -0.3 is 10.4 Å². The summed E-state index contributed by atoms with van der Waals surface area (Å²) < 4.78 is 0. The lowest BCUT2D eigenvalue weighted by Crippen LogP contribution is -2.29. The van der Waals surface area contributed by atoms with E-state index in [0.29, 0.717) is 5.75 Å². The number of carbonyl (C=O) groups is 1. The summed E-state index contributed by atoms with van der Waals surface area (Å²) >= 11 is 3.28. The van der Waals surface area contributed by atoms with E-state index in [1.54, 1.807) is 23.1 Å². The van der Waals surface area contributed by atoms with Crippen LogP contribution < -0.4 is 5.32 Å². The second kappa shape index (κ2) is 8.09. The van der Waals surface area contributed by atoms with Gasteiger partial charge in [0.1, 0.15) is 0 Å². The summed E-state index contributed by atoms with van der Waals surface area (Å²) in [4.78, 5) is 12.9. The molecule has 0 aliphatic carbocycles. The maximum atomic E-state index is 11.7. The first-order chi connectivity index (χ1) is 9.75. The summed E-state index contributed by atoms with van der Waals surface area (Å²) in [6.45, 7) is 0.252. The third kappa shape index (κ3) is 5.00. The summed E-state index contributed by atoms with van der Waals surface area (Å²) in [5.41, 5.74) is 0.819. The molecular formula is C15H17NO2S2. The standard InChI is InChI=1S/C15H17NO2S2/c17-14(12-5-2-1-3-6-12)9-16-15(18)11-19-10-13-7-4-8-20-13/h1-8,14,17H,9-11H2,(H,16,18). The Morgan fingerprint density at radius 3 is 2.75 bits per heavy atom. The smallest absolute Gasteiger partial charge is 0.230 e. The molecule has 1 heterocycles. The molecule has 1 aromatic carbocycles. The van der Waals surface area contributed by atoms with E-state index in [1.165, 1.54) is 4.88 Å². The molecule has 106 valence electrons. The number of thiophene rings is 1. The normalized spacial score (nSPS) is 12.1. The minimum absolute atomic E-state index is 0.0402. The van der Waals surface area contributed by atoms with Gasteiger partial charge in [-0.2, -0.15) is 0 Å². The van der Waals surface area contributed by atoms with Crippen molar-refractivity contribution in [2.45, 2.75) is 11.9 Å². The summed E-state index contributed by atoms with van der Waals surface area (Å²) in [6.07, 6.45) is -0.651. The quantitative estimate of drug-likeness (QED) is 0.827. The van der Waals surface area contributed by atoms with Crippen LogP contribution in [0.15, 0.2) is 47.8 Å². The lowest BCUT2D eigenvalue weighted by atomic mass is 10.1. The van der Waals surface area contributed by atoms with Gasteiger partial charge in [0.25, 0.3) is 0 Å². The van der Waals surface area contributed by atoms with Crippen LogP contribution in [0.3, 0.4) is 0 Å². The van der Waals surface area contributed by atoms with Crippen LogP contribution in [0.5, 0.6) is 0 Å². The number of aliphatic hydroxyl groups excluding tert-OH is 1. The van der Waals surface area contributed by atoms with E-state index in [4.69, 9.17) is 0 Å². The lowest BCUT2D eigenvalue weighted by molar-refractivity contribution is -0.119. The SMILES string of the molecule is O=C(CSCc1cccs1)NCC(O)c1ccccc1. The second-order valence-electron chi connectivity index (χ2n) is 4.30. The molecule has 0 bridgehead atoms. The fourth-order valence-electron chi connectivity index (χ4n) is 1.69. The second-order valence-corrected chi connectivity index (χ2v) is 6.32. The number of carbonyl (C=O) groups excluding carboxylic acids is 1. The molecule has 2 rings (SSSR count). The van der Waals surface area contributed by atoms with E-state index in [0.717, 1.165) is 11.3 Å². The highest BCUT2D eigenvalue weighted by molar-refractivity contribution is 7.99. The van der Waals surface area contributed by atoms with Gasteiger partial charge in [-0.25, -0.2) is 0 Å². The monoisotopic (exact) mass is 307 g/mol. The van der Waals surface area contributed by atoms with E-state index >= 15 is 0 Å². The summed E-state index contributed by atoms with van der Waals surface area (Å²) in [6, 6.07) is 13.4. The van der Waals surface area contributed by atoms with Crippen LogP contribution in [-0.2, 0) is 10.5 Å². The third-order valence-corrected chi connectivity index (χ3v) is 4.78. The van der Waals surface area contributed by atoms with E-state index in [-0.39, 0.29) is 12.5 Å². The Labute approximate surface area is 127 Å². The van der Waals surface area contributed by atoms with Gasteiger partial charge in [0.15, 0.2) is 0 Å². The molecule has 0 saturated heterocycles. The van der Waals surface area contributed by atoms with Crippen molar-refractivity contribution in [3.05, 3.63) is 58.3 Å². The maximum absolute atomic E-state index is 11.7. The molecule has 0 radical (unpaired) electrons. The molecule has 0 fully saturated rings. The topological polar surface area (TPSA) is 49.3 Å². The van der Waals surface area contributed by atoms with Crippen LogP contribution in [0.4, 0.5) is 0 Å². The minimum Gasteiger partial charge on any atom is -0.387 e. The van der Waals surface area contributed by atoms with Crippen molar-refractivity contribution in [2.24, 2.45) is 0 Å². The molecule has 1 unspecified atom stereocenters. The summed E-state index contributed by atoms with van der Waals surface area (Å²) in [7, 11) is 0. The van der Waals surface area contributed by atoms with Crippen LogP contribution in [0.25, 0.3) is 0 Å². The van der Waals surface area contributed by atoms with Gasteiger partial charge in [-0.15, -0.1) is 23.1 Å². The van der Waals surface area contributed by atoms with E-state index in [9.17, 15) is 9.90 Å². The zero-order chi connectivity index (χ0) is 14.2. The molecule has 20 heavy (non-hydrogen) atoms. The molecule has 1 atom stereocenters. The van der Waals surface area contributed by atoms with Gasteiger partial charge in [0, 0.05) is 17.2 Å². The van der Waals surface area contributed by atoms with Crippen molar-refractivity contribution >= 4 is 29.0 Å². The van der Waals surface area contributed by atoms with Gasteiger partial charge >= 0.3 is 0 Å². The molecule has 2 N–H and O–H groups in total. The van der Waals surface area contributed by atoms with Gasteiger partial charge in [-0.05, 0) is 17.0 Å². The highest BCUT2D eigenvalue weighted by Gasteiger charge is 2.09. The molecule has 0 aliphatic heterocycles. The number of hydrogen-bond acceptors (Lipinski definition) is 4. The molecule has 1 aromatic heterocycles. The molecular weight excluding hydrogens is 290 g/mol. The average molecular weight is 307 g/mol. The molecule has 3 nitrogen and oxygen atoms in total. The molecule has 0 spiro atoms. The Hall–Kier alpha value is -1.30. The number of hydrogen-bond donors (Lipinski definition) is 2. The van der Waals surface area contributed by atoms with Crippen molar-refractivity contribution in [1.29, 1.82) is 0 Å². The number of nitrogens with one attached hydrogen (secondary N) is 1. The van der Waals surface area contributed by atoms with Gasteiger partial charge in [0.05, 0.1) is 11.9 Å². The van der Waals surface area contributed by atoms with Crippen LogP contribution in [0, 0.1) is 0 Å². The first kappa shape index (κ1) is 15.1. The molecule has 2 aromatic rings. The predicted molar refractivity (Wildman–Crippen MR) is 84.9 cm³/mol. The first-order valence-corrected chi connectivity index (χ1v) is 8.39. The van der Waals surface area contributed by atoms with E-state index in [2.05, 4.69) is 11.4 Å². The largest absolute Gasteiger partial charge is 0.387 e. The molecule has 0 aliphatic rings. The number of rotatable bonds is 7. The maximum Gasteiger partial charge on any atom is 0.230 e. The van der Waals surface area contributed by atoms with Crippen LogP contribution in [0.2, 0.25) is 0 Å². The minimum atomic E-state index is -0.651. The fraction of sp³-hybridized carbons (Fsp3) is 0.267. The predicted octanol–water partition coefficient (Wildman–Crippen LogP) is 2.83. The Balaban J connectivity index is 1.65. The summed E-state index contributed by atoms with van der Waals surface area (Å²) in [5.74, 6) is 1.23. The Morgan fingerprint density at radius 2 is 2.05 bits per heavy atom. The van der Waals surface area contributed by atoms with Gasteiger partial charge in [0.2, 0.25) is 5.91 Å². The Bertz CT molecular complexity index is 514. The van der Waals surface area contributed by atoms with Gasteiger partial charge in [-0.1, -0.05) is 36.4 Å². The Kier molecular flexibility index (Phi) is 6.11. The number of aliphatic hydroxyl groups is 1. The van der Waals surface area contributed by atoms with Crippen LogP contribution in [0.1, 0.15) is 16.5 Å². The third-order valence-electron chi connectivity index (χ3n) is 2.73. The van der Waals surface area contributed by atoms with Crippen LogP contribution in [-0.4, -0.2) is 23.3 Å². The van der Waals surface area contributed by atoms with Crippen molar-refractivity contribution < 1.29 is 9.90 Å².